The number of amides is 3. The fraction of sp³-hybridized carbons (Fsp3) is 0.471. The summed E-state index contributed by atoms with van der Waals surface area (Å²) in [6, 6.07) is 5.51. The molecular formula is C17H22FN3O4. The number of likely N-dealkylation sites (N-methyl/N-ethyl adjacent to an activating group) is 1. The zero-order valence-electron chi connectivity index (χ0n) is 14.2. The smallest absolute Gasteiger partial charge is 0.243 e. The summed E-state index contributed by atoms with van der Waals surface area (Å²) in [6.45, 7) is 1.94. The maximum absolute atomic E-state index is 13.1. The first kappa shape index (κ1) is 18.9. The van der Waals surface area contributed by atoms with Crippen LogP contribution in [0.4, 0.5) is 10.1 Å². The highest BCUT2D eigenvalue weighted by atomic mass is 19.1. The van der Waals surface area contributed by atoms with Gasteiger partial charge in [0.2, 0.25) is 17.7 Å². The van der Waals surface area contributed by atoms with Gasteiger partial charge in [0.1, 0.15) is 5.82 Å². The third-order valence-electron chi connectivity index (χ3n) is 3.83. The largest absolute Gasteiger partial charge is 0.378 e. The van der Waals surface area contributed by atoms with Crippen molar-refractivity contribution in [1.82, 2.24) is 9.80 Å². The van der Waals surface area contributed by atoms with E-state index in [9.17, 15) is 18.8 Å². The number of halogens is 1. The van der Waals surface area contributed by atoms with E-state index in [0.29, 0.717) is 32.0 Å². The first-order chi connectivity index (χ1) is 12.0. The zero-order valence-corrected chi connectivity index (χ0v) is 14.2. The average molecular weight is 351 g/mol. The van der Waals surface area contributed by atoms with Gasteiger partial charge in [0.05, 0.1) is 19.8 Å². The van der Waals surface area contributed by atoms with Gasteiger partial charge in [0, 0.05) is 38.7 Å². The lowest BCUT2D eigenvalue weighted by molar-refractivity contribution is -0.139. The first-order valence-electron chi connectivity index (χ1n) is 8.10. The fourth-order valence-corrected chi connectivity index (χ4v) is 2.45. The summed E-state index contributed by atoms with van der Waals surface area (Å²) in [7, 11) is 1.49. The van der Waals surface area contributed by atoms with Gasteiger partial charge in [-0.25, -0.2) is 4.39 Å². The molecule has 1 aliphatic rings. The van der Waals surface area contributed by atoms with Crippen molar-refractivity contribution in [3.05, 3.63) is 30.1 Å². The molecule has 136 valence electrons. The van der Waals surface area contributed by atoms with E-state index in [1.54, 1.807) is 11.0 Å². The molecule has 0 aliphatic carbocycles. The molecule has 0 atom stereocenters. The van der Waals surface area contributed by atoms with E-state index < -0.39 is 11.7 Å². The van der Waals surface area contributed by atoms with Crippen LogP contribution in [-0.2, 0) is 19.1 Å². The monoisotopic (exact) mass is 351 g/mol. The number of rotatable bonds is 6. The Hall–Kier alpha value is -2.48. The molecule has 1 heterocycles. The second-order valence-electron chi connectivity index (χ2n) is 5.80. The number of carbonyl (C=O) groups is 3. The summed E-state index contributed by atoms with van der Waals surface area (Å²) >= 11 is 0. The van der Waals surface area contributed by atoms with Crippen LogP contribution in [0.25, 0.3) is 0 Å². The number of nitrogens with zero attached hydrogens (tertiary/aromatic N) is 2. The molecule has 0 saturated carbocycles. The van der Waals surface area contributed by atoms with E-state index in [0.717, 1.165) is 0 Å². The molecule has 1 fully saturated rings. The Morgan fingerprint density at radius 2 is 1.96 bits per heavy atom. The summed E-state index contributed by atoms with van der Waals surface area (Å²) < 4.78 is 18.3. The maximum Gasteiger partial charge on any atom is 0.243 e. The van der Waals surface area contributed by atoms with Crippen LogP contribution < -0.4 is 5.32 Å². The van der Waals surface area contributed by atoms with E-state index in [-0.39, 0.29) is 31.2 Å². The predicted molar refractivity (Wildman–Crippen MR) is 89.3 cm³/mol. The van der Waals surface area contributed by atoms with E-state index in [1.165, 1.54) is 30.1 Å². The lowest BCUT2D eigenvalue weighted by Crippen LogP contribution is -2.41. The Balaban J connectivity index is 1.73. The molecule has 1 aromatic rings. The molecule has 1 N–H and O–H groups in total. The van der Waals surface area contributed by atoms with Crippen molar-refractivity contribution in [3.63, 3.8) is 0 Å². The molecule has 2 rings (SSSR count). The van der Waals surface area contributed by atoms with Crippen LogP contribution in [0.2, 0.25) is 0 Å². The van der Waals surface area contributed by atoms with Gasteiger partial charge in [-0.15, -0.1) is 0 Å². The third-order valence-corrected chi connectivity index (χ3v) is 3.83. The molecule has 0 aromatic heterocycles. The zero-order chi connectivity index (χ0) is 18.2. The van der Waals surface area contributed by atoms with Crippen molar-refractivity contribution < 1.29 is 23.5 Å². The van der Waals surface area contributed by atoms with Crippen LogP contribution in [-0.4, -0.2) is 67.4 Å². The summed E-state index contributed by atoms with van der Waals surface area (Å²) in [4.78, 5) is 38.9. The van der Waals surface area contributed by atoms with Gasteiger partial charge in [-0.2, -0.15) is 0 Å². The number of ether oxygens (including phenoxy) is 1. The minimum atomic E-state index is -0.455. The van der Waals surface area contributed by atoms with Gasteiger partial charge in [-0.05, 0) is 18.2 Å². The van der Waals surface area contributed by atoms with E-state index in [4.69, 9.17) is 4.74 Å². The summed E-state index contributed by atoms with van der Waals surface area (Å²) in [5.41, 5.74) is 0.327. The predicted octanol–water partition coefficient (Wildman–Crippen LogP) is 0.862. The molecular weight excluding hydrogens is 329 g/mol. The highest BCUT2D eigenvalue weighted by molar-refractivity contribution is 5.94. The van der Waals surface area contributed by atoms with E-state index in [1.807, 2.05) is 0 Å². The summed E-state index contributed by atoms with van der Waals surface area (Å²) in [5, 5.41) is 2.52. The number of hydrogen-bond acceptors (Lipinski definition) is 4. The van der Waals surface area contributed by atoms with Crippen molar-refractivity contribution in [3.8, 4) is 0 Å². The quantitative estimate of drug-likeness (QED) is 0.825. The number of morpholine rings is 1. The Kier molecular flexibility index (Phi) is 6.88. The van der Waals surface area contributed by atoms with Crippen molar-refractivity contribution >= 4 is 23.4 Å². The van der Waals surface area contributed by atoms with Crippen LogP contribution in [0.1, 0.15) is 12.8 Å². The molecule has 25 heavy (non-hydrogen) atoms. The minimum Gasteiger partial charge on any atom is -0.378 e. The molecule has 0 unspecified atom stereocenters. The molecule has 0 spiro atoms. The van der Waals surface area contributed by atoms with Gasteiger partial charge in [0.25, 0.3) is 0 Å². The van der Waals surface area contributed by atoms with Gasteiger partial charge < -0.3 is 19.9 Å². The van der Waals surface area contributed by atoms with Crippen molar-refractivity contribution in [2.24, 2.45) is 0 Å². The molecule has 0 bridgehead atoms. The summed E-state index contributed by atoms with van der Waals surface area (Å²) in [6.07, 6.45) is 0.147. The van der Waals surface area contributed by atoms with Crippen LogP contribution >= 0.6 is 0 Å². The van der Waals surface area contributed by atoms with Crippen LogP contribution in [0.15, 0.2) is 24.3 Å². The standard InChI is InChI=1S/C17H22FN3O4/c1-20(12-15(22)19-14-4-2-3-13(18)11-14)16(23)5-6-17(24)21-7-9-25-10-8-21/h2-4,11H,5-10,12H2,1H3,(H,19,22). The normalized spacial score (nSPS) is 14.1. The molecule has 1 aliphatic heterocycles. The highest BCUT2D eigenvalue weighted by Gasteiger charge is 2.19. The van der Waals surface area contributed by atoms with E-state index >= 15 is 0 Å². The fourth-order valence-electron chi connectivity index (χ4n) is 2.45. The average Bonchev–Trinajstić information content (AvgIpc) is 2.59. The maximum atomic E-state index is 13.1. The van der Waals surface area contributed by atoms with Gasteiger partial charge >= 0.3 is 0 Å². The summed E-state index contributed by atoms with van der Waals surface area (Å²) in [5.74, 6) is -1.27. The van der Waals surface area contributed by atoms with Gasteiger partial charge in [0.15, 0.2) is 0 Å². The molecule has 7 nitrogen and oxygen atoms in total. The second-order valence-corrected chi connectivity index (χ2v) is 5.80. The topological polar surface area (TPSA) is 79.0 Å². The molecule has 8 heteroatoms. The highest BCUT2D eigenvalue weighted by Crippen LogP contribution is 2.09. The van der Waals surface area contributed by atoms with Gasteiger partial charge in [-0.3, -0.25) is 14.4 Å². The third kappa shape index (κ3) is 6.15. The van der Waals surface area contributed by atoms with Crippen LogP contribution in [0.3, 0.4) is 0 Å². The molecule has 0 radical (unpaired) electrons. The van der Waals surface area contributed by atoms with Crippen molar-refractivity contribution in [2.75, 3.05) is 45.2 Å². The Labute approximate surface area is 145 Å². The number of anilines is 1. The second kappa shape index (κ2) is 9.12. The number of carbonyl (C=O) groups excluding carboxylic acids is 3. The first-order valence-corrected chi connectivity index (χ1v) is 8.10. The van der Waals surface area contributed by atoms with Crippen LogP contribution in [0, 0.1) is 5.82 Å². The molecule has 1 saturated heterocycles. The Bertz CT molecular complexity index is 632. The van der Waals surface area contributed by atoms with Crippen molar-refractivity contribution in [1.29, 1.82) is 0 Å². The van der Waals surface area contributed by atoms with E-state index in [2.05, 4.69) is 5.32 Å². The SMILES string of the molecule is CN(CC(=O)Nc1cccc(F)c1)C(=O)CCC(=O)N1CCOCC1. The van der Waals surface area contributed by atoms with Gasteiger partial charge in [-0.1, -0.05) is 6.07 Å². The number of hydrogen-bond donors (Lipinski definition) is 1. The Morgan fingerprint density at radius 1 is 1.24 bits per heavy atom. The molecule has 1 aromatic carbocycles. The number of benzene rings is 1. The molecule has 3 amide bonds. The number of nitrogens with one attached hydrogen (secondary N) is 1. The lowest BCUT2D eigenvalue weighted by Gasteiger charge is -2.27. The van der Waals surface area contributed by atoms with Crippen molar-refractivity contribution in [2.45, 2.75) is 12.8 Å². The van der Waals surface area contributed by atoms with Crippen LogP contribution in [0.5, 0.6) is 0 Å². The lowest BCUT2D eigenvalue weighted by atomic mass is 10.2. The minimum absolute atomic E-state index is 0.0416. The Morgan fingerprint density at radius 3 is 2.64 bits per heavy atom.